The summed E-state index contributed by atoms with van der Waals surface area (Å²) < 4.78 is 1.65. The summed E-state index contributed by atoms with van der Waals surface area (Å²) >= 11 is 0. The molecule has 0 saturated carbocycles. The van der Waals surface area contributed by atoms with Gasteiger partial charge in [-0.25, -0.2) is 0 Å². The SMILES string of the molecule is Cc1ccc(-c2cc3cccnn3n2)cc1. The number of hydrogen-bond donors (Lipinski definition) is 0. The van der Waals surface area contributed by atoms with Crippen molar-refractivity contribution in [2.45, 2.75) is 6.92 Å². The van der Waals surface area contributed by atoms with Crippen molar-refractivity contribution in [3.63, 3.8) is 0 Å². The van der Waals surface area contributed by atoms with E-state index in [1.165, 1.54) is 5.56 Å². The Balaban J connectivity index is 2.15. The van der Waals surface area contributed by atoms with Gasteiger partial charge in [0.05, 0.1) is 11.2 Å². The van der Waals surface area contributed by atoms with Gasteiger partial charge >= 0.3 is 0 Å². The summed E-state index contributed by atoms with van der Waals surface area (Å²) in [6, 6.07) is 14.3. The summed E-state index contributed by atoms with van der Waals surface area (Å²) in [4.78, 5) is 0. The monoisotopic (exact) mass is 209 g/mol. The van der Waals surface area contributed by atoms with Crippen molar-refractivity contribution in [3.8, 4) is 11.3 Å². The molecule has 3 heteroatoms. The van der Waals surface area contributed by atoms with Crippen molar-refractivity contribution < 1.29 is 0 Å². The van der Waals surface area contributed by atoms with Gasteiger partial charge < -0.3 is 0 Å². The van der Waals surface area contributed by atoms with Gasteiger partial charge in [0.15, 0.2) is 0 Å². The third-order valence-electron chi connectivity index (χ3n) is 2.59. The molecule has 0 fully saturated rings. The molecule has 0 aliphatic carbocycles. The summed E-state index contributed by atoms with van der Waals surface area (Å²) in [7, 11) is 0. The van der Waals surface area contributed by atoms with E-state index in [4.69, 9.17) is 0 Å². The summed E-state index contributed by atoms with van der Waals surface area (Å²) in [5, 5.41) is 8.57. The average molecular weight is 209 g/mol. The van der Waals surface area contributed by atoms with Crippen LogP contribution in [-0.2, 0) is 0 Å². The molecule has 0 N–H and O–H groups in total. The van der Waals surface area contributed by atoms with Crippen LogP contribution in [0.2, 0.25) is 0 Å². The fourth-order valence-corrected chi connectivity index (χ4v) is 1.70. The molecule has 0 radical (unpaired) electrons. The van der Waals surface area contributed by atoms with Gasteiger partial charge in [-0.3, -0.25) is 0 Å². The van der Waals surface area contributed by atoms with Gasteiger partial charge in [0.2, 0.25) is 0 Å². The molecular formula is C13H11N3. The standard InChI is InChI=1S/C13H11N3/c1-10-4-6-11(7-5-10)13-9-12-3-2-8-14-16(12)15-13/h2-9H,1H3. The van der Waals surface area contributed by atoms with Gasteiger partial charge in [-0.05, 0) is 25.1 Å². The molecule has 2 heterocycles. The molecule has 3 nitrogen and oxygen atoms in total. The van der Waals surface area contributed by atoms with E-state index in [1.54, 1.807) is 10.8 Å². The average Bonchev–Trinajstić information content (AvgIpc) is 2.73. The molecule has 0 aliphatic heterocycles. The van der Waals surface area contributed by atoms with Gasteiger partial charge in [0, 0.05) is 11.8 Å². The molecule has 3 rings (SSSR count). The molecule has 0 atom stereocenters. The third-order valence-corrected chi connectivity index (χ3v) is 2.59. The van der Waals surface area contributed by atoms with Crippen molar-refractivity contribution in [1.82, 2.24) is 14.8 Å². The molecule has 1 aromatic carbocycles. The minimum absolute atomic E-state index is 0.957. The Morgan fingerprint density at radius 2 is 1.88 bits per heavy atom. The molecule has 0 spiro atoms. The van der Waals surface area contributed by atoms with Crippen LogP contribution < -0.4 is 0 Å². The fourth-order valence-electron chi connectivity index (χ4n) is 1.70. The molecule has 3 aromatic rings. The number of aryl methyl sites for hydroxylation is 1. The Kier molecular flexibility index (Phi) is 1.96. The summed E-state index contributed by atoms with van der Waals surface area (Å²) in [6.07, 6.45) is 1.74. The van der Waals surface area contributed by atoms with Gasteiger partial charge in [0.1, 0.15) is 0 Å². The van der Waals surface area contributed by atoms with Gasteiger partial charge in [-0.15, -0.1) is 5.10 Å². The largest absolute Gasteiger partial charge is 0.159 e. The zero-order valence-electron chi connectivity index (χ0n) is 8.96. The lowest BCUT2D eigenvalue weighted by Crippen LogP contribution is -1.91. The van der Waals surface area contributed by atoms with Crippen molar-refractivity contribution >= 4 is 5.52 Å². The maximum Gasteiger partial charge on any atom is 0.0951 e. The van der Waals surface area contributed by atoms with E-state index in [2.05, 4.69) is 41.4 Å². The molecule has 78 valence electrons. The van der Waals surface area contributed by atoms with Crippen molar-refractivity contribution in [2.75, 3.05) is 0 Å². The lowest BCUT2D eigenvalue weighted by Gasteiger charge is -1.95. The Bertz CT molecular complexity index is 590. The summed E-state index contributed by atoms with van der Waals surface area (Å²) in [6.45, 7) is 2.08. The number of hydrogen-bond acceptors (Lipinski definition) is 2. The zero-order valence-corrected chi connectivity index (χ0v) is 8.96. The molecule has 0 bridgehead atoms. The molecule has 0 aliphatic rings. The predicted octanol–water partition coefficient (Wildman–Crippen LogP) is 2.70. The predicted molar refractivity (Wildman–Crippen MR) is 63.2 cm³/mol. The van der Waals surface area contributed by atoms with E-state index >= 15 is 0 Å². The van der Waals surface area contributed by atoms with Crippen LogP contribution >= 0.6 is 0 Å². The van der Waals surface area contributed by atoms with Crippen LogP contribution in [0.25, 0.3) is 16.8 Å². The van der Waals surface area contributed by atoms with Crippen LogP contribution in [0, 0.1) is 6.92 Å². The van der Waals surface area contributed by atoms with E-state index in [9.17, 15) is 0 Å². The van der Waals surface area contributed by atoms with Crippen LogP contribution in [-0.4, -0.2) is 14.8 Å². The molecule has 0 amide bonds. The number of aromatic nitrogens is 3. The Morgan fingerprint density at radius 1 is 1.06 bits per heavy atom. The maximum absolute atomic E-state index is 4.42. The van der Waals surface area contributed by atoms with E-state index < -0.39 is 0 Å². The maximum atomic E-state index is 4.42. The van der Waals surface area contributed by atoms with Crippen molar-refractivity contribution in [2.24, 2.45) is 0 Å². The van der Waals surface area contributed by atoms with Crippen LogP contribution in [0.3, 0.4) is 0 Å². The zero-order chi connectivity index (χ0) is 11.0. The summed E-state index contributed by atoms with van der Waals surface area (Å²) in [5.41, 5.74) is 4.35. The van der Waals surface area contributed by atoms with Crippen LogP contribution in [0.1, 0.15) is 5.56 Å². The van der Waals surface area contributed by atoms with E-state index in [1.807, 2.05) is 18.2 Å². The van der Waals surface area contributed by atoms with Gasteiger partial charge in [0.25, 0.3) is 0 Å². The highest BCUT2D eigenvalue weighted by Gasteiger charge is 2.03. The molecule has 2 aromatic heterocycles. The topological polar surface area (TPSA) is 30.2 Å². The Morgan fingerprint density at radius 3 is 2.62 bits per heavy atom. The number of fused-ring (bicyclic) bond motifs is 1. The minimum atomic E-state index is 0.957. The first-order chi connectivity index (χ1) is 7.83. The van der Waals surface area contributed by atoms with Crippen LogP contribution in [0.4, 0.5) is 0 Å². The second-order valence-electron chi connectivity index (χ2n) is 3.83. The Labute approximate surface area is 93.3 Å². The highest BCUT2D eigenvalue weighted by molar-refractivity contribution is 5.65. The highest BCUT2D eigenvalue weighted by atomic mass is 15.4. The lowest BCUT2D eigenvalue weighted by molar-refractivity contribution is 0.803. The Hall–Kier alpha value is -2.16. The number of benzene rings is 1. The second-order valence-corrected chi connectivity index (χ2v) is 3.83. The minimum Gasteiger partial charge on any atom is -0.159 e. The van der Waals surface area contributed by atoms with E-state index in [0.717, 1.165) is 16.8 Å². The third kappa shape index (κ3) is 1.46. The van der Waals surface area contributed by atoms with Crippen molar-refractivity contribution in [3.05, 3.63) is 54.2 Å². The highest BCUT2D eigenvalue weighted by Crippen LogP contribution is 2.19. The smallest absolute Gasteiger partial charge is 0.0951 e. The molecular weight excluding hydrogens is 198 g/mol. The van der Waals surface area contributed by atoms with Gasteiger partial charge in [-0.1, -0.05) is 29.8 Å². The first kappa shape index (κ1) is 9.09. The lowest BCUT2D eigenvalue weighted by atomic mass is 10.1. The second kappa shape index (κ2) is 3.45. The molecule has 16 heavy (non-hydrogen) atoms. The first-order valence-electron chi connectivity index (χ1n) is 5.21. The normalized spacial score (nSPS) is 10.8. The quantitative estimate of drug-likeness (QED) is 0.616. The van der Waals surface area contributed by atoms with E-state index in [-0.39, 0.29) is 0 Å². The van der Waals surface area contributed by atoms with E-state index in [0.29, 0.717) is 0 Å². The van der Waals surface area contributed by atoms with Gasteiger partial charge in [-0.2, -0.15) is 9.73 Å². The molecule has 0 unspecified atom stereocenters. The van der Waals surface area contributed by atoms with Crippen LogP contribution in [0.15, 0.2) is 48.7 Å². The molecule has 0 saturated heterocycles. The summed E-state index contributed by atoms with van der Waals surface area (Å²) in [5.74, 6) is 0. The van der Waals surface area contributed by atoms with Crippen molar-refractivity contribution in [1.29, 1.82) is 0 Å². The van der Waals surface area contributed by atoms with Crippen LogP contribution in [0.5, 0.6) is 0 Å². The first-order valence-corrected chi connectivity index (χ1v) is 5.21. The number of nitrogens with zero attached hydrogens (tertiary/aromatic N) is 3. The fraction of sp³-hybridized carbons (Fsp3) is 0.0769. The number of rotatable bonds is 1.